The van der Waals surface area contributed by atoms with Crippen molar-refractivity contribution in [1.29, 1.82) is 0 Å². The number of rotatable bonds is 11. The van der Waals surface area contributed by atoms with Crippen LogP contribution in [0, 0.1) is 0 Å². The summed E-state index contributed by atoms with van der Waals surface area (Å²) in [7, 11) is 0. The Morgan fingerprint density at radius 1 is 0.857 bits per heavy atom. The third-order valence-corrected chi connectivity index (χ3v) is 9.37. The number of alkyl carbamates (subject to hydrolysis) is 1. The molecule has 4 aromatic rings. The number of carboxylic acids is 1. The smallest absolute Gasteiger partial charge is 0.408 e. The molecule has 3 amide bonds. The first-order valence-corrected chi connectivity index (χ1v) is 16.7. The second-order valence-electron chi connectivity index (χ2n) is 11.6. The maximum atomic E-state index is 13.2. The quantitative estimate of drug-likeness (QED) is 0.131. The minimum absolute atomic E-state index is 0.0340. The summed E-state index contributed by atoms with van der Waals surface area (Å²) in [6.07, 6.45) is -1.73. The van der Waals surface area contributed by atoms with Gasteiger partial charge in [-0.3, -0.25) is 9.59 Å². The van der Waals surface area contributed by atoms with Gasteiger partial charge in [-0.25, -0.2) is 14.5 Å². The van der Waals surface area contributed by atoms with Gasteiger partial charge in [0.1, 0.15) is 12.6 Å². The number of carbonyl (C=O) groups is 4. The number of hydrogen-bond acceptors (Lipinski definition) is 9. The summed E-state index contributed by atoms with van der Waals surface area (Å²) < 4.78 is 18.0. The highest BCUT2D eigenvalue weighted by Gasteiger charge is 2.41. The van der Waals surface area contributed by atoms with Crippen molar-refractivity contribution in [3.8, 4) is 0 Å². The lowest BCUT2D eigenvalue weighted by molar-refractivity contribution is -0.245. The van der Waals surface area contributed by atoms with Crippen molar-refractivity contribution in [1.82, 2.24) is 5.32 Å². The molecule has 2 fully saturated rings. The van der Waals surface area contributed by atoms with Gasteiger partial charge in [-0.2, -0.15) is 0 Å². The van der Waals surface area contributed by atoms with Crippen molar-refractivity contribution >= 4 is 41.3 Å². The number of amides is 3. The Morgan fingerprint density at radius 2 is 1.55 bits per heavy atom. The number of thioether (sulfide) groups is 1. The molecule has 0 saturated carbocycles. The van der Waals surface area contributed by atoms with Crippen LogP contribution < -0.4 is 10.2 Å². The summed E-state index contributed by atoms with van der Waals surface area (Å²) in [6, 6.07) is 29.0. The minimum atomic E-state index is -1.04. The van der Waals surface area contributed by atoms with Crippen molar-refractivity contribution in [2.45, 2.75) is 55.5 Å². The molecule has 4 unspecified atom stereocenters. The van der Waals surface area contributed by atoms with E-state index in [-0.39, 0.29) is 37.4 Å². The van der Waals surface area contributed by atoms with Gasteiger partial charge in [-0.15, -0.1) is 11.8 Å². The number of nitrogens with one attached hydrogen (secondary N) is 1. The Kier molecular flexibility index (Phi) is 10.7. The van der Waals surface area contributed by atoms with Crippen LogP contribution in [0.4, 0.5) is 10.5 Å². The number of benzene rings is 4. The number of anilines is 1. The Bertz CT molecular complexity index is 1780. The van der Waals surface area contributed by atoms with E-state index in [0.717, 1.165) is 26.5 Å². The Hall–Kier alpha value is -5.01. The molecule has 4 aromatic carbocycles. The second-order valence-corrected chi connectivity index (χ2v) is 12.7. The SMILES string of the molecule is O=C(NC1CC(=O)N(c2ccc(C3OC(CSc4ccc(C(=O)O)cc4)CC(c4ccc(CO)cc4)O3)cc2)C1=O)OCc1ccccc1. The van der Waals surface area contributed by atoms with Gasteiger partial charge in [0.15, 0.2) is 6.29 Å². The van der Waals surface area contributed by atoms with E-state index < -0.39 is 36.2 Å². The normalized spacial score (nSPS) is 20.6. The maximum Gasteiger partial charge on any atom is 0.408 e. The summed E-state index contributed by atoms with van der Waals surface area (Å²) in [5.74, 6) is -1.41. The zero-order valence-electron chi connectivity index (χ0n) is 26.3. The van der Waals surface area contributed by atoms with Crippen LogP contribution in [0.1, 0.15) is 57.8 Å². The Labute approximate surface area is 286 Å². The third-order valence-electron chi connectivity index (χ3n) is 8.23. The molecule has 11 nitrogen and oxygen atoms in total. The predicted octanol–water partition coefficient (Wildman–Crippen LogP) is 5.77. The number of hydrogen-bond donors (Lipinski definition) is 3. The van der Waals surface area contributed by atoms with Gasteiger partial charge in [-0.05, 0) is 53.1 Å². The average Bonchev–Trinajstić information content (AvgIpc) is 3.41. The summed E-state index contributed by atoms with van der Waals surface area (Å²) in [4.78, 5) is 51.6. The highest BCUT2D eigenvalue weighted by atomic mass is 32.2. The molecule has 12 heteroatoms. The molecule has 3 N–H and O–H groups in total. The molecule has 2 heterocycles. The molecule has 252 valence electrons. The number of aliphatic hydroxyl groups excluding tert-OH is 1. The fourth-order valence-corrected chi connectivity index (χ4v) is 6.53. The molecule has 0 aromatic heterocycles. The van der Waals surface area contributed by atoms with Crippen LogP contribution >= 0.6 is 11.8 Å². The summed E-state index contributed by atoms with van der Waals surface area (Å²) in [5.41, 5.74) is 3.75. The molecule has 0 aliphatic carbocycles. The van der Waals surface area contributed by atoms with E-state index in [1.54, 1.807) is 60.3 Å². The van der Waals surface area contributed by atoms with E-state index in [4.69, 9.17) is 14.2 Å². The highest BCUT2D eigenvalue weighted by molar-refractivity contribution is 7.99. The van der Waals surface area contributed by atoms with Crippen molar-refractivity contribution < 1.29 is 43.6 Å². The largest absolute Gasteiger partial charge is 0.478 e. The molecular formula is C37H34N2O9S. The molecule has 49 heavy (non-hydrogen) atoms. The fraction of sp³-hybridized carbons (Fsp3) is 0.243. The molecule has 6 rings (SSSR count). The van der Waals surface area contributed by atoms with Crippen LogP contribution in [0.25, 0.3) is 0 Å². The summed E-state index contributed by atoms with van der Waals surface area (Å²) >= 11 is 1.55. The third kappa shape index (κ3) is 8.35. The number of carbonyl (C=O) groups excluding carboxylic acids is 3. The zero-order chi connectivity index (χ0) is 34.3. The molecule has 2 aliphatic rings. The van der Waals surface area contributed by atoms with E-state index in [0.29, 0.717) is 23.4 Å². The molecule has 2 aliphatic heterocycles. The van der Waals surface area contributed by atoms with Crippen molar-refractivity contribution in [3.63, 3.8) is 0 Å². The fourth-order valence-electron chi connectivity index (χ4n) is 5.61. The number of aliphatic hydroxyl groups is 1. The van der Waals surface area contributed by atoms with Crippen LogP contribution in [0.5, 0.6) is 0 Å². The van der Waals surface area contributed by atoms with Gasteiger partial charge < -0.3 is 29.7 Å². The first kappa shape index (κ1) is 33.9. The standard InChI is InChI=1S/C37H34N2O9S/c40-20-23-6-8-25(9-7-23)32-18-29(22-49-30-16-12-26(13-17-30)35(43)44)47-36(48-32)27-10-14-28(15-11-27)39-33(41)19-31(34(39)42)38-37(45)46-21-24-4-2-1-3-5-24/h1-17,29,31-32,36,40H,18-22H2,(H,38,45)(H,43,44). The summed E-state index contributed by atoms with van der Waals surface area (Å²) in [6.45, 7) is -0.0345. The van der Waals surface area contributed by atoms with Crippen molar-refractivity contribution in [3.05, 3.63) is 131 Å². The lowest BCUT2D eigenvalue weighted by Crippen LogP contribution is -2.42. The van der Waals surface area contributed by atoms with Gasteiger partial charge in [0.25, 0.3) is 5.91 Å². The zero-order valence-corrected chi connectivity index (χ0v) is 27.1. The van der Waals surface area contributed by atoms with Gasteiger partial charge in [0, 0.05) is 22.6 Å². The average molecular weight is 683 g/mol. The van der Waals surface area contributed by atoms with E-state index in [1.807, 2.05) is 54.6 Å². The van der Waals surface area contributed by atoms with Crippen LogP contribution in [0.2, 0.25) is 0 Å². The van der Waals surface area contributed by atoms with Crippen LogP contribution in [0.15, 0.2) is 108 Å². The maximum absolute atomic E-state index is 13.2. The van der Waals surface area contributed by atoms with Crippen molar-refractivity contribution in [2.24, 2.45) is 0 Å². The van der Waals surface area contributed by atoms with Crippen molar-refractivity contribution in [2.75, 3.05) is 10.7 Å². The van der Waals surface area contributed by atoms with Gasteiger partial charge in [0.2, 0.25) is 5.91 Å². The molecule has 0 radical (unpaired) electrons. The van der Waals surface area contributed by atoms with Gasteiger partial charge in [-0.1, -0.05) is 66.7 Å². The van der Waals surface area contributed by atoms with Gasteiger partial charge in [0.05, 0.1) is 36.5 Å². The number of imide groups is 1. The first-order valence-electron chi connectivity index (χ1n) is 15.7. The first-order chi connectivity index (χ1) is 23.8. The lowest BCUT2D eigenvalue weighted by atomic mass is 10.0. The van der Waals surface area contributed by atoms with Crippen LogP contribution in [-0.2, 0) is 37.0 Å². The monoisotopic (exact) mass is 682 g/mol. The molecule has 0 bridgehead atoms. The number of nitrogens with zero attached hydrogens (tertiary/aromatic N) is 1. The number of ether oxygens (including phenoxy) is 3. The predicted molar refractivity (Wildman–Crippen MR) is 180 cm³/mol. The van der Waals surface area contributed by atoms with Crippen LogP contribution in [0.3, 0.4) is 0 Å². The molecular weight excluding hydrogens is 648 g/mol. The van der Waals surface area contributed by atoms with E-state index in [1.165, 1.54) is 0 Å². The van der Waals surface area contributed by atoms with Gasteiger partial charge >= 0.3 is 12.1 Å². The second kappa shape index (κ2) is 15.5. The highest BCUT2D eigenvalue weighted by Crippen LogP contribution is 2.40. The van der Waals surface area contributed by atoms with E-state index in [9.17, 15) is 29.4 Å². The Balaban J connectivity index is 1.12. The molecule has 2 saturated heterocycles. The minimum Gasteiger partial charge on any atom is -0.478 e. The van der Waals surface area contributed by atoms with E-state index in [2.05, 4.69) is 5.32 Å². The molecule has 4 atom stereocenters. The Morgan fingerprint density at radius 3 is 2.22 bits per heavy atom. The topological polar surface area (TPSA) is 152 Å². The number of aromatic carboxylic acids is 1. The van der Waals surface area contributed by atoms with Crippen LogP contribution in [-0.4, -0.2) is 52.0 Å². The van der Waals surface area contributed by atoms with E-state index >= 15 is 0 Å². The lowest BCUT2D eigenvalue weighted by Gasteiger charge is -2.36. The summed E-state index contributed by atoms with van der Waals surface area (Å²) in [5, 5.41) is 21.2. The molecule has 0 spiro atoms. The number of carboxylic acid groups (broad SMARTS) is 1.